The molecule has 2 aromatic rings. The van der Waals surface area contributed by atoms with Gasteiger partial charge in [-0.1, -0.05) is 58.5 Å². The molecule has 1 N–H and O–H groups in total. The maximum Gasteiger partial charge on any atom is 0.240 e. The van der Waals surface area contributed by atoms with Crippen LogP contribution in [0.3, 0.4) is 0 Å². The molecule has 0 saturated heterocycles. The zero-order valence-corrected chi connectivity index (χ0v) is 18.4. The molecule has 1 amide bonds. The number of rotatable bonds is 8. The second kappa shape index (κ2) is 9.89. The molecule has 0 saturated carbocycles. The van der Waals surface area contributed by atoms with Gasteiger partial charge in [0.2, 0.25) is 15.9 Å². The number of benzene rings is 2. The van der Waals surface area contributed by atoms with Crippen LogP contribution in [0.25, 0.3) is 0 Å². The van der Waals surface area contributed by atoms with Crippen molar-refractivity contribution in [3.8, 4) is 5.75 Å². The van der Waals surface area contributed by atoms with Gasteiger partial charge in [-0.15, -0.1) is 0 Å². The van der Waals surface area contributed by atoms with Crippen LogP contribution in [-0.2, 0) is 14.8 Å². The fraction of sp³-hybridized carbons (Fsp3) is 0.235. The van der Waals surface area contributed by atoms with E-state index in [1.165, 1.54) is 12.1 Å². The lowest BCUT2D eigenvalue weighted by atomic mass is 10.3. The smallest absolute Gasteiger partial charge is 0.240 e. The van der Waals surface area contributed by atoms with Crippen LogP contribution in [-0.4, -0.2) is 40.3 Å². The highest BCUT2D eigenvalue weighted by Gasteiger charge is 2.24. The third kappa shape index (κ3) is 6.32. The van der Waals surface area contributed by atoms with Gasteiger partial charge in [-0.25, -0.2) is 8.42 Å². The molecular weight excluding hydrogens is 470 g/mol. The lowest BCUT2D eigenvalue weighted by Crippen LogP contribution is -2.41. The summed E-state index contributed by atoms with van der Waals surface area (Å²) >= 11 is 23.9. The van der Waals surface area contributed by atoms with Gasteiger partial charge < -0.3 is 10.1 Å². The number of carbonyl (C=O) groups is 1. The molecule has 0 atom stereocenters. The van der Waals surface area contributed by atoms with E-state index < -0.39 is 22.5 Å². The molecule has 2 rings (SSSR count). The van der Waals surface area contributed by atoms with E-state index in [0.717, 1.165) is 10.6 Å². The van der Waals surface area contributed by atoms with Crippen LogP contribution in [0.15, 0.2) is 36.4 Å². The van der Waals surface area contributed by atoms with Crippen molar-refractivity contribution in [1.82, 2.24) is 5.32 Å². The summed E-state index contributed by atoms with van der Waals surface area (Å²) in [5.41, 5.74) is 0.0565. The predicted molar refractivity (Wildman–Crippen MR) is 114 cm³/mol. The zero-order chi connectivity index (χ0) is 20.9. The van der Waals surface area contributed by atoms with Gasteiger partial charge in [0.05, 0.1) is 38.6 Å². The summed E-state index contributed by atoms with van der Waals surface area (Å²) in [6, 6.07) is 9.52. The van der Waals surface area contributed by atoms with Gasteiger partial charge in [0.1, 0.15) is 18.9 Å². The summed E-state index contributed by atoms with van der Waals surface area (Å²) in [5, 5.41) is 3.36. The molecule has 0 bridgehead atoms. The molecule has 6 nitrogen and oxygen atoms in total. The Labute approximate surface area is 183 Å². The standard InChI is InChI=1S/C17H16Cl4N2O4S/c1-28(25,26)23(15-9-13(20)12(19)8-14(15)21)10-17(24)22-6-7-27-16-5-3-2-4-11(16)18/h2-5,8-9H,6-7,10H2,1H3,(H,22,24). The minimum absolute atomic E-state index is 0.0506. The summed E-state index contributed by atoms with van der Waals surface area (Å²) in [4.78, 5) is 12.2. The van der Waals surface area contributed by atoms with Gasteiger partial charge in [-0.05, 0) is 24.3 Å². The molecule has 11 heteroatoms. The second-order valence-corrected chi connectivity index (χ2v) is 9.15. The molecule has 0 spiro atoms. The number of para-hydroxylation sites is 1. The number of hydrogen-bond donors (Lipinski definition) is 1. The first-order valence-electron chi connectivity index (χ1n) is 7.86. The van der Waals surface area contributed by atoms with Gasteiger partial charge in [0.25, 0.3) is 0 Å². The topological polar surface area (TPSA) is 75.7 Å². The van der Waals surface area contributed by atoms with E-state index in [0.29, 0.717) is 10.8 Å². The Morgan fingerprint density at radius 1 is 1.04 bits per heavy atom. The number of sulfonamides is 1. The number of carbonyl (C=O) groups excluding carboxylic acids is 1. The fourth-order valence-corrected chi connectivity index (χ4v) is 3.93. The Kier molecular flexibility index (Phi) is 8.09. The van der Waals surface area contributed by atoms with Crippen LogP contribution >= 0.6 is 46.4 Å². The Morgan fingerprint density at radius 3 is 2.32 bits per heavy atom. The molecule has 0 aromatic heterocycles. The van der Waals surface area contributed by atoms with E-state index in [2.05, 4.69) is 5.32 Å². The molecule has 2 aromatic carbocycles. The molecular formula is C17H16Cl4N2O4S. The van der Waals surface area contributed by atoms with E-state index in [1.54, 1.807) is 24.3 Å². The Hall–Kier alpha value is -1.38. The first-order valence-corrected chi connectivity index (χ1v) is 11.2. The molecule has 0 aliphatic rings. The van der Waals surface area contributed by atoms with E-state index in [-0.39, 0.29) is 33.9 Å². The van der Waals surface area contributed by atoms with Crippen molar-refractivity contribution in [2.45, 2.75) is 0 Å². The van der Waals surface area contributed by atoms with Gasteiger partial charge in [-0.3, -0.25) is 9.10 Å². The highest BCUT2D eigenvalue weighted by molar-refractivity contribution is 7.92. The normalized spacial score (nSPS) is 11.2. The SMILES string of the molecule is CS(=O)(=O)N(CC(=O)NCCOc1ccccc1Cl)c1cc(Cl)c(Cl)cc1Cl. The quantitative estimate of drug-likeness (QED) is 0.447. The number of nitrogens with one attached hydrogen (secondary N) is 1. The number of ether oxygens (including phenoxy) is 1. The summed E-state index contributed by atoms with van der Waals surface area (Å²) in [6.45, 7) is -0.179. The zero-order valence-electron chi connectivity index (χ0n) is 14.6. The summed E-state index contributed by atoms with van der Waals surface area (Å²) in [6.07, 6.45) is 0.958. The average Bonchev–Trinajstić information content (AvgIpc) is 2.60. The number of halogens is 4. The first-order chi connectivity index (χ1) is 13.1. The minimum Gasteiger partial charge on any atom is -0.490 e. The molecule has 0 fully saturated rings. The third-order valence-corrected chi connectivity index (χ3v) is 5.93. The fourth-order valence-electron chi connectivity index (χ4n) is 2.18. The third-order valence-electron chi connectivity index (χ3n) is 3.46. The predicted octanol–water partition coefficient (Wildman–Crippen LogP) is 4.26. The molecule has 152 valence electrons. The molecule has 0 aliphatic heterocycles. The highest BCUT2D eigenvalue weighted by atomic mass is 35.5. The van der Waals surface area contributed by atoms with Gasteiger partial charge in [-0.2, -0.15) is 0 Å². The van der Waals surface area contributed by atoms with Gasteiger partial charge in [0.15, 0.2) is 0 Å². The van der Waals surface area contributed by atoms with E-state index in [1.807, 2.05) is 0 Å². The van der Waals surface area contributed by atoms with Crippen LogP contribution in [0.1, 0.15) is 0 Å². The van der Waals surface area contributed by atoms with Crippen molar-refractivity contribution in [3.05, 3.63) is 56.5 Å². The second-order valence-electron chi connectivity index (χ2n) is 5.62. The van der Waals surface area contributed by atoms with Crippen molar-refractivity contribution < 1.29 is 17.9 Å². The number of amides is 1. The first kappa shape index (κ1) is 22.9. The largest absolute Gasteiger partial charge is 0.490 e. The van der Waals surface area contributed by atoms with Crippen molar-refractivity contribution in [2.24, 2.45) is 0 Å². The van der Waals surface area contributed by atoms with Crippen molar-refractivity contribution in [1.29, 1.82) is 0 Å². The Balaban J connectivity index is 2.00. The lowest BCUT2D eigenvalue weighted by molar-refractivity contribution is -0.119. The maximum absolute atomic E-state index is 12.2. The summed E-state index contributed by atoms with van der Waals surface area (Å²) < 4.78 is 30.6. The van der Waals surface area contributed by atoms with E-state index in [9.17, 15) is 13.2 Å². The Bertz CT molecular complexity index is 970. The van der Waals surface area contributed by atoms with Crippen LogP contribution < -0.4 is 14.4 Å². The number of anilines is 1. The number of nitrogens with zero attached hydrogens (tertiary/aromatic N) is 1. The molecule has 0 aliphatic carbocycles. The molecule has 0 unspecified atom stereocenters. The van der Waals surface area contributed by atoms with Crippen LogP contribution in [0, 0.1) is 0 Å². The summed E-state index contributed by atoms with van der Waals surface area (Å²) in [5.74, 6) is -0.0610. The van der Waals surface area contributed by atoms with Crippen molar-refractivity contribution in [2.75, 3.05) is 30.3 Å². The van der Waals surface area contributed by atoms with Crippen molar-refractivity contribution in [3.63, 3.8) is 0 Å². The lowest BCUT2D eigenvalue weighted by Gasteiger charge is -2.23. The van der Waals surface area contributed by atoms with Crippen molar-refractivity contribution >= 4 is 68.0 Å². The van der Waals surface area contributed by atoms with Crippen LogP contribution in [0.5, 0.6) is 5.75 Å². The van der Waals surface area contributed by atoms with Crippen LogP contribution in [0.4, 0.5) is 5.69 Å². The molecule has 0 radical (unpaired) electrons. The Morgan fingerprint density at radius 2 is 1.68 bits per heavy atom. The van der Waals surface area contributed by atoms with Gasteiger partial charge in [0, 0.05) is 0 Å². The number of hydrogen-bond acceptors (Lipinski definition) is 4. The monoisotopic (exact) mass is 484 g/mol. The van der Waals surface area contributed by atoms with Crippen LogP contribution in [0.2, 0.25) is 20.1 Å². The van der Waals surface area contributed by atoms with E-state index >= 15 is 0 Å². The molecule has 28 heavy (non-hydrogen) atoms. The van der Waals surface area contributed by atoms with E-state index in [4.69, 9.17) is 51.1 Å². The average molecular weight is 486 g/mol. The maximum atomic E-state index is 12.2. The summed E-state index contributed by atoms with van der Waals surface area (Å²) in [7, 11) is -3.81. The highest BCUT2D eigenvalue weighted by Crippen LogP contribution is 2.35. The van der Waals surface area contributed by atoms with Gasteiger partial charge >= 0.3 is 0 Å². The minimum atomic E-state index is -3.81. The molecule has 0 heterocycles.